The van der Waals surface area contributed by atoms with Crippen LogP contribution in [0.4, 0.5) is 11.1 Å². The maximum atomic E-state index is 13.4. The van der Waals surface area contributed by atoms with E-state index in [2.05, 4.69) is 32.5 Å². The van der Waals surface area contributed by atoms with Gasteiger partial charge in [0.05, 0.1) is 23.8 Å². The lowest BCUT2D eigenvalue weighted by molar-refractivity contribution is -0.113. The number of thiazole rings is 1. The molecule has 4 aromatic rings. The average molecular weight is 521 g/mol. The van der Waals surface area contributed by atoms with E-state index in [4.69, 9.17) is 25.7 Å². The van der Waals surface area contributed by atoms with Crippen molar-refractivity contribution in [2.45, 2.75) is 13.0 Å². The number of anilines is 2. The average Bonchev–Trinajstić information content (AvgIpc) is 3.50. The number of carbonyl (C=O) groups is 1. The molecule has 182 valence electrons. The molecule has 3 N–H and O–H groups in total. The van der Waals surface area contributed by atoms with Gasteiger partial charge in [-0.1, -0.05) is 59.8 Å². The van der Waals surface area contributed by atoms with Crippen molar-refractivity contribution in [3.8, 4) is 0 Å². The number of para-hydroxylation sites is 2. The Balaban J connectivity index is 1.46. The summed E-state index contributed by atoms with van der Waals surface area (Å²) >= 11 is 7.78. The first-order valence-electron chi connectivity index (χ1n) is 10.9. The first kappa shape index (κ1) is 23.6. The number of allylic oxidation sites excluding steroid dienone is 1. The van der Waals surface area contributed by atoms with Crippen LogP contribution in [0.1, 0.15) is 23.4 Å². The number of aliphatic imine (C=N–C) groups is 1. The summed E-state index contributed by atoms with van der Waals surface area (Å²) in [5, 5.41) is 9.96. The predicted octanol–water partition coefficient (Wildman–Crippen LogP) is 5.58. The highest BCUT2D eigenvalue weighted by Crippen LogP contribution is 2.36. The number of nitrogens with zero attached hydrogens (tertiary/aromatic N) is 3. The molecule has 11 heteroatoms. The van der Waals surface area contributed by atoms with Crippen LogP contribution in [-0.2, 0) is 9.53 Å². The largest absolute Gasteiger partial charge is 0.496 e. The van der Waals surface area contributed by atoms with Crippen molar-refractivity contribution in [2.24, 2.45) is 4.99 Å². The van der Waals surface area contributed by atoms with Crippen molar-refractivity contribution >= 4 is 62.8 Å². The molecule has 0 radical (unpaired) electrons. The van der Waals surface area contributed by atoms with Gasteiger partial charge >= 0.3 is 6.01 Å². The molecular weight excluding hydrogens is 500 g/mol. The van der Waals surface area contributed by atoms with Crippen molar-refractivity contribution in [1.29, 1.82) is 0 Å². The number of oxazole rings is 1. The first-order chi connectivity index (χ1) is 17.4. The molecule has 1 aliphatic heterocycles. The lowest BCUT2D eigenvalue weighted by atomic mass is 9.95. The second-order valence-corrected chi connectivity index (χ2v) is 9.23. The summed E-state index contributed by atoms with van der Waals surface area (Å²) in [6, 6.07) is 14.3. The van der Waals surface area contributed by atoms with E-state index in [0.717, 1.165) is 0 Å². The molecule has 0 fully saturated rings. The molecule has 0 saturated carbocycles. The molecule has 0 aliphatic carbocycles. The predicted molar refractivity (Wildman–Crippen MR) is 142 cm³/mol. The topological polar surface area (TPSA) is 114 Å². The van der Waals surface area contributed by atoms with Crippen molar-refractivity contribution < 1.29 is 13.9 Å². The Labute approximate surface area is 215 Å². The number of fused-ring (bicyclic) bond motifs is 1. The molecule has 1 aliphatic rings. The number of benzene rings is 2. The van der Waals surface area contributed by atoms with Gasteiger partial charge in [0.15, 0.2) is 10.7 Å². The second kappa shape index (κ2) is 9.84. The van der Waals surface area contributed by atoms with E-state index in [1.807, 2.05) is 42.5 Å². The minimum Gasteiger partial charge on any atom is -0.496 e. The lowest BCUT2D eigenvalue weighted by Gasteiger charge is -2.26. The fourth-order valence-electron chi connectivity index (χ4n) is 3.71. The zero-order chi connectivity index (χ0) is 25.2. The van der Waals surface area contributed by atoms with Gasteiger partial charge in [-0.05, 0) is 25.1 Å². The number of methoxy groups -OCH3 is 1. The highest BCUT2D eigenvalue weighted by molar-refractivity contribution is 7.16. The highest BCUT2D eigenvalue weighted by Gasteiger charge is 2.31. The van der Waals surface area contributed by atoms with E-state index in [0.29, 0.717) is 54.7 Å². The third-order valence-corrected chi connectivity index (χ3v) is 6.75. The smallest absolute Gasteiger partial charge is 0.302 e. The maximum absolute atomic E-state index is 13.4. The normalized spacial score (nSPS) is 15.3. The monoisotopic (exact) mass is 520 g/mol. The number of rotatable bonds is 6. The van der Waals surface area contributed by atoms with E-state index in [1.165, 1.54) is 18.4 Å². The van der Waals surface area contributed by atoms with Crippen LogP contribution in [0.25, 0.3) is 16.9 Å². The van der Waals surface area contributed by atoms with Gasteiger partial charge in [-0.25, -0.2) is 9.98 Å². The van der Waals surface area contributed by atoms with Crippen LogP contribution in [0, 0.1) is 0 Å². The summed E-state index contributed by atoms with van der Waals surface area (Å²) in [7, 11) is 1.53. The van der Waals surface area contributed by atoms with Crippen molar-refractivity contribution in [2.75, 3.05) is 17.7 Å². The molecule has 9 nitrogen and oxygen atoms in total. The van der Waals surface area contributed by atoms with E-state index in [9.17, 15) is 4.79 Å². The molecule has 1 amide bonds. The third-order valence-electron chi connectivity index (χ3n) is 5.45. The molecule has 1 unspecified atom stereocenters. The molecule has 2 aromatic heterocycles. The van der Waals surface area contributed by atoms with Gasteiger partial charge in [0, 0.05) is 16.3 Å². The molecule has 5 rings (SSSR count). The fraction of sp³-hybridized carbons (Fsp3) is 0.120. The van der Waals surface area contributed by atoms with Crippen LogP contribution in [0.3, 0.4) is 0 Å². The fourth-order valence-corrected chi connectivity index (χ4v) is 4.71. The third kappa shape index (κ3) is 4.68. The van der Waals surface area contributed by atoms with Crippen LogP contribution < -0.4 is 16.0 Å². The molecule has 3 heterocycles. The maximum Gasteiger partial charge on any atom is 0.302 e. The molecule has 2 aromatic carbocycles. The molecule has 0 saturated heterocycles. The Morgan fingerprint density at radius 1 is 1.22 bits per heavy atom. The van der Waals surface area contributed by atoms with Gasteiger partial charge in [0.1, 0.15) is 17.3 Å². The van der Waals surface area contributed by atoms with Gasteiger partial charge in [-0.3, -0.25) is 15.4 Å². The number of guanidine groups is 1. The minimum atomic E-state index is -0.694. The molecular formula is C25H21ClN6O3S. The molecule has 0 bridgehead atoms. The van der Waals surface area contributed by atoms with Gasteiger partial charge in [0.25, 0.3) is 5.91 Å². The number of amides is 1. The number of aromatic nitrogens is 2. The Bertz CT molecular complexity index is 1510. The second-order valence-electron chi connectivity index (χ2n) is 7.79. The van der Waals surface area contributed by atoms with Crippen molar-refractivity contribution in [3.05, 3.63) is 88.0 Å². The zero-order valence-electron chi connectivity index (χ0n) is 19.3. The van der Waals surface area contributed by atoms with Gasteiger partial charge in [0.2, 0.25) is 5.96 Å². The highest BCUT2D eigenvalue weighted by atomic mass is 35.5. The van der Waals surface area contributed by atoms with Crippen LogP contribution in [-0.4, -0.2) is 28.9 Å². The Morgan fingerprint density at radius 2 is 2.00 bits per heavy atom. The number of halogens is 1. The Morgan fingerprint density at radius 3 is 2.78 bits per heavy atom. The summed E-state index contributed by atoms with van der Waals surface area (Å²) in [5.74, 6) is 0.475. The van der Waals surface area contributed by atoms with Gasteiger partial charge < -0.3 is 14.5 Å². The van der Waals surface area contributed by atoms with E-state index >= 15 is 0 Å². The van der Waals surface area contributed by atoms with Gasteiger partial charge in [-0.15, -0.1) is 0 Å². The summed E-state index contributed by atoms with van der Waals surface area (Å²) in [4.78, 5) is 27.6. The Kier molecular flexibility index (Phi) is 6.45. The Hall–Kier alpha value is -4.15. The number of nitrogens with one attached hydrogen (secondary N) is 3. The van der Waals surface area contributed by atoms with Gasteiger partial charge in [-0.2, -0.15) is 4.98 Å². The lowest BCUT2D eigenvalue weighted by Crippen LogP contribution is -2.37. The van der Waals surface area contributed by atoms with Crippen LogP contribution in [0.15, 0.2) is 82.0 Å². The number of hydrogen-bond donors (Lipinski definition) is 3. The SMILES string of the molecule is C=C(OC)c1cnc(NC(=O)C2=C(C)NC(Nc3nc4ccccc4o3)=NC2c2ccccc2Cl)s1. The minimum absolute atomic E-state index is 0.273. The zero-order valence-corrected chi connectivity index (χ0v) is 20.9. The first-order valence-corrected chi connectivity index (χ1v) is 12.1. The van der Waals surface area contributed by atoms with Crippen molar-refractivity contribution in [3.63, 3.8) is 0 Å². The molecule has 1 atom stereocenters. The number of carbonyl (C=O) groups excluding carboxylic acids is 1. The quantitative estimate of drug-likeness (QED) is 0.284. The number of ether oxygens (including phenoxy) is 1. The van der Waals surface area contributed by atoms with E-state index in [1.54, 1.807) is 19.2 Å². The van der Waals surface area contributed by atoms with E-state index in [-0.39, 0.29) is 11.9 Å². The van der Waals surface area contributed by atoms with Crippen LogP contribution >= 0.6 is 22.9 Å². The summed E-state index contributed by atoms with van der Waals surface area (Å²) in [6.07, 6.45) is 1.60. The summed E-state index contributed by atoms with van der Waals surface area (Å²) in [6.45, 7) is 5.61. The van der Waals surface area contributed by atoms with Crippen LogP contribution in [0.5, 0.6) is 0 Å². The standard InChI is InChI=1S/C25H21ClN6O3S/c1-13-20(22(33)31-25-27-12-19(36-25)14(2)34-3)21(15-8-4-5-9-16(15)26)30-23(28-13)32-24-29-17-10-6-7-11-18(17)35-24/h4-12,21H,2H2,1,3H3,(H,27,31,33)(H2,28,29,30,32). The van der Waals surface area contributed by atoms with Crippen LogP contribution in [0.2, 0.25) is 5.02 Å². The molecule has 36 heavy (non-hydrogen) atoms. The number of hydrogen-bond acceptors (Lipinski definition) is 9. The van der Waals surface area contributed by atoms with Crippen molar-refractivity contribution in [1.82, 2.24) is 15.3 Å². The summed E-state index contributed by atoms with van der Waals surface area (Å²) in [5.41, 5.74) is 3.02. The molecule has 0 spiro atoms. The van der Waals surface area contributed by atoms with E-state index < -0.39 is 6.04 Å². The summed E-state index contributed by atoms with van der Waals surface area (Å²) < 4.78 is 10.9.